The third-order valence-electron chi connectivity index (χ3n) is 2.83. The lowest BCUT2D eigenvalue weighted by Crippen LogP contribution is -2.13. The Hall–Kier alpha value is -2.01. The van der Waals surface area contributed by atoms with Gasteiger partial charge in [0.2, 0.25) is 0 Å². The molecule has 0 atom stereocenters. The molecule has 3 aromatic rings. The highest BCUT2D eigenvalue weighted by Crippen LogP contribution is 2.24. The molecule has 0 spiro atoms. The molecule has 18 heavy (non-hydrogen) atoms. The molecule has 92 valence electrons. The van der Waals surface area contributed by atoms with Crippen LogP contribution in [0.15, 0.2) is 34.4 Å². The van der Waals surface area contributed by atoms with E-state index >= 15 is 0 Å². The highest BCUT2D eigenvalue weighted by Gasteiger charge is 2.10. The summed E-state index contributed by atoms with van der Waals surface area (Å²) in [6, 6.07) is 7.55. The van der Waals surface area contributed by atoms with Crippen LogP contribution in [0.5, 0.6) is 5.75 Å². The molecule has 0 fully saturated rings. The van der Waals surface area contributed by atoms with Crippen LogP contribution in [0.3, 0.4) is 0 Å². The number of methoxy groups -OCH3 is 1. The molecule has 0 amide bonds. The first-order valence-corrected chi connectivity index (χ1v) is 6.41. The van der Waals surface area contributed by atoms with Gasteiger partial charge in [0.15, 0.2) is 0 Å². The van der Waals surface area contributed by atoms with Crippen molar-refractivity contribution in [2.75, 3.05) is 7.11 Å². The van der Waals surface area contributed by atoms with Crippen LogP contribution in [0.25, 0.3) is 16.0 Å². The molecule has 4 nitrogen and oxygen atoms in total. The lowest BCUT2D eigenvalue weighted by atomic mass is 10.3. The van der Waals surface area contributed by atoms with Gasteiger partial charge in [-0.1, -0.05) is 0 Å². The van der Waals surface area contributed by atoms with Gasteiger partial charge in [0.05, 0.1) is 18.1 Å². The number of nitrogens with one attached hydrogen (secondary N) is 1. The van der Waals surface area contributed by atoms with E-state index in [1.165, 1.54) is 0 Å². The average molecular weight is 260 g/mol. The number of aromatic nitrogens is 2. The Labute approximate surface area is 107 Å². The Morgan fingerprint density at radius 3 is 2.83 bits per heavy atom. The van der Waals surface area contributed by atoms with E-state index in [-0.39, 0.29) is 5.69 Å². The number of hydrogen-bond donors (Lipinski definition) is 1. The van der Waals surface area contributed by atoms with E-state index < -0.39 is 0 Å². The van der Waals surface area contributed by atoms with Gasteiger partial charge < -0.3 is 9.72 Å². The SMILES string of the molecule is COc1ccc2[nH]c(=O)n(-c3cc(C)cs3)c2c1. The Bertz CT molecular complexity index is 767. The maximum atomic E-state index is 12.0. The molecular formula is C13H12N2O2S. The lowest BCUT2D eigenvalue weighted by Gasteiger charge is -2.02. The average Bonchev–Trinajstić information content (AvgIpc) is 2.90. The Morgan fingerprint density at radius 2 is 2.17 bits per heavy atom. The van der Waals surface area contributed by atoms with Crippen LogP contribution in [-0.4, -0.2) is 16.7 Å². The van der Waals surface area contributed by atoms with Crippen molar-refractivity contribution < 1.29 is 4.74 Å². The molecule has 0 saturated heterocycles. The normalized spacial score (nSPS) is 11.0. The quantitative estimate of drug-likeness (QED) is 0.770. The van der Waals surface area contributed by atoms with Crippen LogP contribution in [0.2, 0.25) is 0 Å². The Morgan fingerprint density at radius 1 is 1.33 bits per heavy atom. The number of aromatic amines is 1. The second-order valence-electron chi connectivity index (χ2n) is 4.11. The van der Waals surface area contributed by atoms with Crippen LogP contribution >= 0.6 is 11.3 Å². The number of H-pyrrole nitrogens is 1. The monoisotopic (exact) mass is 260 g/mol. The highest BCUT2D eigenvalue weighted by atomic mass is 32.1. The fourth-order valence-electron chi connectivity index (χ4n) is 1.96. The van der Waals surface area contributed by atoms with Crippen molar-refractivity contribution in [3.05, 3.63) is 45.7 Å². The van der Waals surface area contributed by atoms with E-state index in [1.807, 2.05) is 36.6 Å². The fourth-order valence-corrected chi connectivity index (χ4v) is 2.88. The number of nitrogens with zero attached hydrogens (tertiary/aromatic N) is 1. The van der Waals surface area contributed by atoms with Crippen molar-refractivity contribution in [1.29, 1.82) is 0 Å². The summed E-state index contributed by atoms with van der Waals surface area (Å²) in [4.78, 5) is 14.9. The van der Waals surface area contributed by atoms with Gasteiger partial charge in [-0.2, -0.15) is 0 Å². The van der Waals surface area contributed by atoms with E-state index in [4.69, 9.17) is 4.74 Å². The smallest absolute Gasteiger partial charge is 0.331 e. The molecule has 0 aliphatic heterocycles. The second-order valence-corrected chi connectivity index (χ2v) is 5.00. The molecule has 0 saturated carbocycles. The zero-order valence-corrected chi connectivity index (χ0v) is 10.9. The number of hydrogen-bond acceptors (Lipinski definition) is 3. The minimum absolute atomic E-state index is 0.125. The van der Waals surface area contributed by atoms with Crippen molar-refractivity contribution >= 4 is 22.4 Å². The van der Waals surface area contributed by atoms with Gasteiger partial charge >= 0.3 is 5.69 Å². The number of thiophene rings is 1. The van der Waals surface area contributed by atoms with E-state index in [0.717, 1.165) is 27.3 Å². The zero-order valence-electron chi connectivity index (χ0n) is 10.1. The van der Waals surface area contributed by atoms with E-state index in [0.29, 0.717) is 0 Å². The number of fused-ring (bicyclic) bond motifs is 1. The van der Waals surface area contributed by atoms with Gasteiger partial charge in [0.25, 0.3) is 0 Å². The first kappa shape index (κ1) is 11.1. The fraction of sp³-hybridized carbons (Fsp3) is 0.154. The second kappa shape index (κ2) is 4.03. The molecule has 3 rings (SSSR count). The van der Waals surface area contributed by atoms with Crippen LogP contribution in [0.4, 0.5) is 0 Å². The van der Waals surface area contributed by atoms with Gasteiger partial charge in [0, 0.05) is 6.07 Å². The largest absolute Gasteiger partial charge is 0.497 e. The van der Waals surface area contributed by atoms with Gasteiger partial charge in [-0.25, -0.2) is 4.79 Å². The highest BCUT2D eigenvalue weighted by molar-refractivity contribution is 7.12. The lowest BCUT2D eigenvalue weighted by molar-refractivity contribution is 0.415. The van der Waals surface area contributed by atoms with Crippen molar-refractivity contribution in [2.24, 2.45) is 0 Å². The minimum atomic E-state index is -0.125. The van der Waals surface area contributed by atoms with Gasteiger partial charge in [-0.15, -0.1) is 11.3 Å². The standard InChI is InChI=1S/C13H12N2O2S/c1-8-5-12(18-7-8)15-11-6-9(17-2)3-4-10(11)14-13(15)16/h3-7H,1-2H3,(H,14,16). The van der Waals surface area contributed by atoms with Crippen molar-refractivity contribution in [3.63, 3.8) is 0 Å². The summed E-state index contributed by atoms with van der Waals surface area (Å²) >= 11 is 1.55. The Kier molecular flexibility index (Phi) is 2.48. The van der Waals surface area contributed by atoms with E-state index in [9.17, 15) is 4.79 Å². The molecule has 1 aromatic carbocycles. The first-order valence-electron chi connectivity index (χ1n) is 5.53. The topological polar surface area (TPSA) is 47.0 Å². The molecule has 5 heteroatoms. The summed E-state index contributed by atoms with van der Waals surface area (Å²) < 4.78 is 6.88. The third-order valence-corrected chi connectivity index (χ3v) is 3.86. The molecule has 1 N–H and O–H groups in total. The van der Waals surface area contributed by atoms with Crippen molar-refractivity contribution in [1.82, 2.24) is 9.55 Å². The van der Waals surface area contributed by atoms with Crippen molar-refractivity contribution in [2.45, 2.75) is 6.92 Å². The summed E-state index contributed by atoms with van der Waals surface area (Å²) in [5, 5.41) is 2.94. The van der Waals surface area contributed by atoms with Gasteiger partial charge in [0.1, 0.15) is 10.8 Å². The number of aryl methyl sites for hydroxylation is 1. The summed E-state index contributed by atoms with van der Waals surface area (Å²) in [6.07, 6.45) is 0. The molecule has 0 aliphatic carbocycles. The third kappa shape index (κ3) is 1.64. The number of benzene rings is 1. The number of imidazole rings is 1. The van der Waals surface area contributed by atoms with Gasteiger partial charge in [-0.3, -0.25) is 4.57 Å². The maximum absolute atomic E-state index is 12.0. The Balaban J connectivity index is 2.33. The molecule has 0 bridgehead atoms. The molecule has 2 aromatic heterocycles. The summed E-state index contributed by atoms with van der Waals surface area (Å²) in [5.41, 5.74) is 2.67. The summed E-state index contributed by atoms with van der Waals surface area (Å²) in [7, 11) is 1.62. The molecule has 0 aliphatic rings. The van der Waals surface area contributed by atoms with Gasteiger partial charge in [-0.05, 0) is 36.1 Å². The minimum Gasteiger partial charge on any atom is -0.497 e. The summed E-state index contributed by atoms with van der Waals surface area (Å²) in [5.74, 6) is 0.739. The zero-order chi connectivity index (χ0) is 12.7. The van der Waals surface area contributed by atoms with Crippen LogP contribution in [-0.2, 0) is 0 Å². The first-order chi connectivity index (χ1) is 8.69. The maximum Gasteiger partial charge on any atom is 0.331 e. The predicted molar refractivity (Wildman–Crippen MR) is 73.1 cm³/mol. The number of rotatable bonds is 2. The molecule has 0 radical (unpaired) electrons. The van der Waals surface area contributed by atoms with Crippen LogP contribution in [0, 0.1) is 6.92 Å². The summed E-state index contributed by atoms with van der Waals surface area (Å²) in [6.45, 7) is 2.01. The van der Waals surface area contributed by atoms with Crippen LogP contribution in [0.1, 0.15) is 5.56 Å². The van der Waals surface area contributed by atoms with E-state index in [1.54, 1.807) is 23.0 Å². The number of ether oxygens (including phenoxy) is 1. The van der Waals surface area contributed by atoms with E-state index in [2.05, 4.69) is 4.98 Å². The van der Waals surface area contributed by atoms with Crippen molar-refractivity contribution in [3.8, 4) is 10.8 Å². The molecule has 0 unspecified atom stereocenters. The predicted octanol–water partition coefficient (Wildman–Crippen LogP) is 2.70. The van der Waals surface area contributed by atoms with Crippen LogP contribution < -0.4 is 10.4 Å². The molecule has 2 heterocycles. The molecular weight excluding hydrogens is 248 g/mol.